The molecule has 0 saturated carbocycles. The van der Waals surface area contributed by atoms with Gasteiger partial charge in [0.2, 0.25) is 0 Å². The van der Waals surface area contributed by atoms with Gasteiger partial charge in [-0.05, 0) is 12.0 Å². The van der Waals surface area contributed by atoms with Crippen LogP contribution in [-0.4, -0.2) is 42.9 Å². The maximum atomic E-state index is 12.1. The smallest absolute Gasteiger partial charge is 0.311 e. The van der Waals surface area contributed by atoms with Gasteiger partial charge in [-0.2, -0.15) is 0 Å². The molecule has 5 nitrogen and oxygen atoms in total. The molecular weight excluding hydrogens is 254 g/mol. The van der Waals surface area contributed by atoms with Gasteiger partial charge in [0.1, 0.15) is 0 Å². The van der Waals surface area contributed by atoms with Crippen molar-refractivity contribution in [3.8, 4) is 0 Å². The Morgan fingerprint density at radius 2 is 1.90 bits per heavy atom. The minimum atomic E-state index is -0.511. The van der Waals surface area contributed by atoms with E-state index in [0.29, 0.717) is 13.1 Å². The fourth-order valence-electron chi connectivity index (χ4n) is 2.34. The van der Waals surface area contributed by atoms with Crippen LogP contribution < -0.4 is 10.6 Å². The second-order valence-corrected chi connectivity index (χ2v) is 4.89. The van der Waals surface area contributed by atoms with E-state index in [1.165, 1.54) is 0 Å². The summed E-state index contributed by atoms with van der Waals surface area (Å²) in [5.41, 5.74) is 1.02. The van der Waals surface area contributed by atoms with E-state index in [9.17, 15) is 9.59 Å². The average Bonchev–Trinajstić information content (AvgIpc) is 2.53. The van der Waals surface area contributed by atoms with Gasteiger partial charge in [-0.3, -0.25) is 9.59 Å². The number of nitrogens with one attached hydrogen (secondary N) is 2. The van der Waals surface area contributed by atoms with Crippen LogP contribution in [-0.2, 0) is 9.59 Å². The van der Waals surface area contributed by atoms with E-state index >= 15 is 0 Å². The molecule has 1 aliphatic rings. The van der Waals surface area contributed by atoms with Crippen LogP contribution in [0.4, 0.5) is 0 Å². The Morgan fingerprint density at radius 3 is 2.50 bits per heavy atom. The van der Waals surface area contributed by atoms with Crippen molar-refractivity contribution in [3.05, 3.63) is 35.9 Å². The van der Waals surface area contributed by atoms with Crippen LogP contribution in [0.2, 0.25) is 0 Å². The maximum absolute atomic E-state index is 12.1. The molecule has 1 aromatic rings. The fourth-order valence-corrected chi connectivity index (χ4v) is 2.34. The van der Waals surface area contributed by atoms with Gasteiger partial charge in [0.15, 0.2) is 0 Å². The first kappa shape index (κ1) is 14.5. The molecule has 0 aliphatic carbocycles. The second kappa shape index (κ2) is 7.05. The summed E-state index contributed by atoms with van der Waals surface area (Å²) in [7, 11) is 0. The van der Waals surface area contributed by atoms with Gasteiger partial charge in [-0.25, -0.2) is 0 Å². The van der Waals surface area contributed by atoms with E-state index in [1.54, 1.807) is 4.90 Å². The van der Waals surface area contributed by atoms with Crippen molar-refractivity contribution < 1.29 is 9.59 Å². The molecule has 1 atom stereocenters. The van der Waals surface area contributed by atoms with Crippen molar-refractivity contribution in [1.82, 2.24) is 15.5 Å². The summed E-state index contributed by atoms with van der Waals surface area (Å²) < 4.78 is 0. The fraction of sp³-hybridized carbons (Fsp3) is 0.467. The molecule has 0 spiro atoms. The topological polar surface area (TPSA) is 61.4 Å². The van der Waals surface area contributed by atoms with E-state index in [4.69, 9.17) is 0 Å². The lowest BCUT2D eigenvalue weighted by molar-refractivity contribution is -0.146. The summed E-state index contributed by atoms with van der Waals surface area (Å²) in [6.45, 7) is 4.67. The van der Waals surface area contributed by atoms with Crippen LogP contribution in [0.25, 0.3) is 0 Å². The summed E-state index contributed by atoms with van der Waals surface area (Å²) in [6, 6.07) is 9.61. The third kappa shape index (κ3) is 3.57. The molecule has 2 rings (SSSR count). The number of rotatable bonds is 3. The number of hydrogen-bond acceptors (Lipinski definition) is 3. The van der Waals surface area contributed by atoms with Gasteiger partial charge in [-0.1, -0.05) is 37.3 Å². The second-order valence-electron chi connectivity index (χ2n) is 4.89. The Labute approximate surface area is 119 Å². The van der Waals surface area contributed by atoms with Crippen LogP contribution in [0.1, 0.15) is 24.9 Å². The highest BCUT2D eigenvalue weighted by molar-refractivity contribution is 6.35. The molecule has 2 amide bonds. The number of benzene rings is 1. The first-order valence-electron chi connectivity index (χ1n) is 7.07. The SMILES string of the molecule is CCC(NC(=O)C(=O)N1CCNCC1)c1ccccc1. The van der Waals surface area contributed by atoms with Gasteiger partial charge in [0.05, 0.1) is 6.04 Å². The molecule has 1 aromatic carbocycles. The lowest BCUT2D eigenvalue weighted by Gasteiger charge is -2.27. The Bertz CT molecular complexity index is 455. The predicted octanol–water partition coefficient (Wildman–Crippen LogP) is 0.686. The van der Waals surface area contributed by atoms with E-state index < -0.39 is 11.8 Å². The molecule has 2 N–H and O–H groups in total. The predicted molar refractivity (Wildman–Crippen MR) is 77.1 cm³/mol. The minimum Gasteiger partial charge on any atom is -0.341 e. The highest BCUT2D eigenvalue weighted by Gasteiger charge is 2.25. The molecule has 20 heavy (non-hydrogen) atoms. The highest BCUT2D eigenvalue weighted by Crippen LogP contribution is 2.15. The monoisotopic (exact) mass is 275 g/mol. The Hall–Kier alpha value is -1.88. The average molecular weight is 275 g/mol. The van der Waals surface area contributed by atoms with Gasteiger partial charge in [0.25, 0.3) is 0 Å². The molecule has 0 radical (unpaired) electrons. The van der Waals surface area contributed by atoms with Gasteiger partial charge < -0.3 is 15.5 Å². The zero-order valence-corrected chi connectivity index (χ0v) is 11.8. The first-order chi connectivity index (χ1) is 9.72. The molecule has 1 saturated heterocycles. The number of nitrogens with zero attached hydrogens (tertiary/aromatic N) is 1. The van der Waals surface area contributed by atoms with Crippen molar-refractivity contribution in [2.24, 2.45) is 0 Å². The van der Waals surface area contributed by atoms with Crippen LogP contribution in [0.5, 0.6) is 0 Å². The summed E-state index contributed by atoms with van der Waals surface area (Å²) >= 11 is 0. The standard InChI is InChI=1S/C15H21N3O2/c1-2-13(12-6-4-3-5-7-12)17-14(19)15(20)18-10-8-16-9-11-18/h3-7,13,16H,2,8-11H2,1H3,(H,17,19). The van der Waals surface area contributed by atoms with Crippen molar-refractivity contribution >= 4 is 11.8 Å². The third-order valence-corrected chi connectivity index (χ3v) is 3.51. The highest BCUT2D eigenvalue weighted by atomic mass is 16.2. The van der Waals surface area contributed by atoms with Crippen molar-refractivity contribution in [2.45, 2.75) is 19.4 Å². The maximum Gasteiger partial charge on any atom is 0.311 e. The first-order valence-corrected chi connectivity index (χ1v) is 7.07. The van der Waals surface area contributed by atoms with Crippen molar-refractivity contribution in [1.29, 1.82) is 0 Å². The number of amides is 2. The molecule has 0 aromatic heterocycles. The summed E-state index contributed by atoms with van der Waals surface area (Å²) in [5, 5.41) is 5.99. The largest absolute Gasteiger partial charge is 0.341 e. The van der Waals surface area contributed by atoms with E-state index in [1.807, 2.05) is 37.3 Å². The molecule has 1 aliphatic heterocycles. The Morgan fingerprint density at radius 1 is 1.25 bits per heavy atom. The molecule has 108 valence electrons. The van der Waals surface area contributed by atoms with Crippen molar-refractivity contribution in [2.75, 3.05) is 26.2 Å². The van der Waals surface area contributed by atoms with E-state index in [0.717, 1.165) is 25.1 Å². The van der Waals surface area contributed by atoms with Crippen LogP contribution in [0, 0.1) is 0 Å². The summed E-state index contributed by atoms with van der Waals surface area (Å²) in [5.74, 6) is -0.941. The Balaban J connectivity index is 1.96. The number of carbonyl (C=O) groups excluding carboxylic acids is 2. The number of piperazine rings is 1. The van der Waals surface area contributed by atoms with Gasteiger partial charge in [0, 0.05) is 26.2 Å². The summed E-state index contributed by atoms with van der Waals surface area (Å²) in [4.78, 5) is 25.7. The van der Waals surface area contributed by atoms with Crippen molar-refractivity contribution in [3.63, 3.8) is 0 Å². The van der Waals surface area contributed by atoms with Gasteiger partial charge >= 0.3 is 11.8 Å². The van der Waals surface area contributed by atoms with Crippen LogP contribution >= 0.6 is 0 Å². The number of carbonyl (C=O) groups is 2. The van der Waals surface area contributed by atoms with E-state index in [2.05, 4.69) is 10.6 Å². The zero-order chi connectivity index (χ0) is 14.4. The third-order valence-electron chi connectivity index (χ3n) is 3.51. The Kier molecular flexibility index (Phi) is 5.12. The molecule has 5 heteroatoms. The normalized spacial score (nSPS) is 16.6. The zero-order valence-electron chi connectivity index (χ0n) is 11.8. The summed E-state index contributed by atoms with van der Waals surface area (Å²) in [6.07, 6.45) is 0.755. The van der Waals surface area contributed by atoms with Crippen LogP contribution in [0.15, 0.2) is 30.3 Å². The lowest BCUT2D eigenvalue weighted by Crippen LogP contribution is -2.51. The van der Waals surface area contributed by atoms with Gasteiger partial charge in [-0.15, -0.1) is 0 Å². The molecule has 1 unspecified atom stereocenters. The number of hydrogen-bond donors (Lipinski definition) is 2. The minimum absolute atomic E-state index is 0.115. The van der Waals surface area contributed by atoms with E-state index in [-0.39, 0.29) is 6.04 Å². The molecule has 1 heterocycles. The van der Waals surface area contributed by atoms with Crippen LogP contribution in [0.3, 0.4) is 0 Å². The lowest BCUT2D eigenvalue weighted by atomic mass is 10.0. The molecule has 0 bridgehead atoms. The molecular formula is C15H21N3O2. The quantitative estimate of drug-likeness (QED) is 0.798. The molecule has 1 fully saturated rings.